The Bertz CT molecular complexity index is 1240. The molecule has 3 rings (SSSR count). The zero-order valence-electron chi connectivity index (χ0n) is 22.7. The monoisotopic (exact) mass is 503 g/mol. The van der Waals surface area contributed by atoms with E-state index in [1.807, 2.05) is 77.1 Å². The summed E-state index contributed by atoms with van der Waals surface area (Å²) in [6.07, 6.45) is 1.40. The van der Waals surface area contributed by atoms with Gasteiger partial charge in [0.15, 0.2) is 5.76 Å². The van der Waals surface area contributed by atoms with E-state index in [-0.39, 0.29) is 18.2 Å². The first-order chi connectivity index (χ1) is 17.4. The van der Waals surface area contributed by atoms with Crippen LogP contribution in [0.15, 0.2) is 65.3 Å². The molecule has 3 amide bonds. The fourth-order valence-electron chi connectivity index (χ4n) is 4.07. The van der Waals surface area contributed by atoms with E-state index in [1.54, 1.807) is 6.07 Å². The molecule has 196 valence electrons. The molecular formula is C30H37N3O4. The molecule has 2 aromatic carbocycles. The summed E-state index contributed by atoms with van der Waals surface area (Å²) in [5.74, 6) is -0.801. The maximum atomic E-state index is 13.8. The zero-order chi connectivity index (χ0) is 27.3. The van der Waals surface area contributed by atoms with Crippen LogP contribution in [0, 0.1) is 13.8 Å². The third-order valence-corrected chi connectivity index (χ3v) is 6.17. The van der Waals surface area contributed by atoms with Gasteiger partial charge in [-0.1, -0.05) is 50.2 Å². The van der Waals surface area contributed by atoms with Crippen molar-refractivity contribution in [3.05, 3.63) is 88.9 Å². The van der Waals surface area contributed by atoms with Gasteiger partial charge in [0.1, 0.15) is 6.04 Å². The van der Waals surface area contributed by atoms with E-state index in [2.05, 4.69) is 24.5 Å². The van der Waals surface area contributed by atoms with Gasteiger partial charge in [0, 0.05) is 11.2 Å². The minimum absolute atomic E-state index is 0.109. The third-order valence-electron chi connectivity index (χ3n) is 6.17. The second-order valence-electron chi connectivity index (χ2n) is 10.6. The van der Waals surface area contributed by atoms with Gasteiger partial charge < -0.3 is 15.1 Å². The number of hydrogen-bond donors (Lipinski definition) is 2. The van der Waals surface area contributed by atoms with Crippen LogP contribution in [0.1, 0.15) is 79.4 Å². The number of hydrogen-bond acceptors (Lipinski definition) is 4. The highest BCUT2D eigenvalue weighted by molar-refractivity contribution is 6.04. The molecule has 1 atom stereocenters. The standard InChI is InChI=1S/C30H37N3O4/c1-19(2)22-13-15-23(16-14-22)27(29(36)32-30(5,6)7)33(24-11-8-10-20(3)21(24)4)26(34)18-31-28(35)25-12-9-17-37-25/h8-17,19,27H,18H2,1-7H3,(H,31,35)(H,32,36)/t27-/m1/s1. The van der Waals surface area contributed by atoms with Crippen molar-refractivity contribution in [3.8, 4) is 0 Å². The lowest BCUT2D eigenvalue weighted by Crippen LogP contribution is -2.51. The van der Waals surface area contributed by atoms with Crippen molar-refractivity contribution in [1.82, 2.24) is 10.6 Å². The second-order valence-corrected chi connectivity index (χ2v) is 10.6. The number of amides is 3. The highest BCUT2D eigenvalue weighted by Gasteiger charge is 2.35. The van der Waals surface area contributed by atoms with E-state index >= 15 is 0 Å². The summed E-state index contributed by atoms with van der Waals surface area (Å²) >= 11 is 0. The maximum Gasteiger partial charge on any atom is 0.287 e. The number of anilines is 1. The van der Waals surface area contributed by atoms with Crippen molar-refractivity contribution < 1.29 is 18.8 Å². The molecule has 3 aromatic rings. The van der Waals surface area contributed by atoms with Gasteiger partial charge in [0.2, 0.25) is 11.8 Å². The van der Waals surface area contributed by atoms with Crippen LogP contribution in [-0.4, -0.2) is 29.8 Å². The van der Waals surface area contributed by atoms with E-state index in [9.17, 15) is 14.4 Å². The van der Waals surface area contributed by atoms with Crippen molar-refractivity contribution in [3.63, 3.8) is 0 Å². The van der Waals surface area contributed by atoms with Crippen molar-refractivity contribution in [2.75, 3.05) is 11.4 Å². The molecule has 0 aliphatic carbocycles. The van der Waals surface area contributed by atoms with Crippen molar-refractivity contribution in [2.45, 2.75) is 66.0 Å². The molecule has 0 radical (unpaired) electrons. The predicted octanol–water partition coefficient (Wildman–Crippen LogP) is 5.44. The van der Waals surface area contributed by atoms with Gasteiger partial charge >= 0.3 is 0 Å². The van der Waals surface area contributed by atoms with Crippen LogP contribution in [0.25, 0.3) is 0 Å². The Morgan fingerprint density at radius 3 is 2.14 bits per heavy atom. The number of nitrogens with one attached hydrogen (secondary N) is 2. The Hall–Kier alpha value is -3.87. The molecule has 0 saturated heterocycles. The van der Waals surface area contributed by atoms with E-state index in [0.717, 1.165) is 16.7 Å². The molecule has 0 aliphatic heterocycles. The molecule has 0 fully saturated rings. The molecule has 7 heteroatoms. The molecule has 7 nitrogen and oxygen atoms in total. The highest BCUT2D eigenvalue weighted by Crippen LogP contribution is 2.33. The number of carbonyl (C=O) groups is 3. The van der Waals surface area contributed by atoms with Crippen LogP contribution in [0.4, 0.5) is 5.69 Å². The Morgan fingerprint density at radius 1 is 0.919 bits per heavy atom. The zero-order valence-corrected chi connectivity index (χ0v) is 22.7. The van der Waals surface area contributed by atoms with Gasteiger partial charge in [-0.05, 0) is 81.0 Å². The molecule has 2 N–H and O–H groups in total. The van der Waals surface area contributed by atoms with Crippen LogP contribution in [0.3, 0.4) is 0 Å². The highest BCUT2D eigenvalue weighted by atomic mass is 16.3. The molecule has 0 spiro atoms. The molecule has 0 saturated carbocycles. The number of rotatable bonds is 8. The normalized spacial score (nSPS) is 12.2. The number of carbonyl (C=O) groups excluding carboxylic acids is 3. The summed E-state index contributed by atoms with van der Waals surface area (Å²) < 4.78 is 5.15. The second kappa shape index (κ2) is 11.5. The molecule has 1 aromatic heterocycles. The van der Waals surface area contributed by atoms with Crippen LogP contribution >= 0.6 is 0 Å². The van der Waals surface area contributed by atoms with E-state index in [4.69, 9.17) is 4.42 Å². The minimum atomic E-state index is -0.950. The fourth-order valence-corrected chi connectivity index (χ4v) is 4.07. The molecule has 1 heterocycles. The van der Waals surface area contributed by atoms with Crippen molar-refractivity contribution in [2.24, 2.45) is 0 Å². The van der Waals surface area contributed by atoms with Crippen molar-refractivity contribution in [1.29, 1.82) is 0 Å². The summed E-state index contributed by atoms with van der Waals surface area (Å²) in [7, 11) is 0. The van der Waals surface area contributed by atoms with Gasteiger partial charge in [0.25, 0.3) is 5.91 Å². The number of aryl methyl sites for hydroxylation is 1. The van der Waals surface area contributed by atoms with Gasteiger partial charge in [0.05, 0.1) is 12.8 Å². The summed E-state index contributed by atoms with van der Waals surface area (Å²) in [6.45, 7) is 13.5. The smallest absolute Gasteiger partial charge is 0.287 e. The lowest BCUT2D eigenvalue weighted by Gasteiger charge is -2.35. The number of benzene rings is 2. The van der Waals surface area contributed by atoms with Crippen LogP contribution in [0.5, 0.6) is 0 Å². The van der Waals surface area contributed by atoms with E-state index in [0.29, 0.717) is 17.2 Å². The van der Waals surface area contributed by atoms with E-state index in [1.165, 1.54) is 17.2 Å². The molecule has 0 bridgehead atoms. The Balaban J connectivity index is 2.09. The summed E-state index contributed by atoms with van der Waals surface area (Å²) in [6, 6.07) is 15.6. The average molecular weight is 504 g/mol. The molecule has 0 unspecified atom stereocenters. The third kappa shape index (κ3) is 6.88. The predicted molar refractivity (Wildman–Crippen MR) is 146 cm³/mol. The summed E-state index contributed by atoms with van der Waals surface area (Å²) in [5, 5.41) is 5.68. The largest absolute Gasteiger partial charge is 0.459 e. The first kappa shape index (κ1) is 27.7. The van der Waals surface area contributed by atoms with Crippen LogP contribution in [0.2, 0.25) is 0 Å². The first-order valence-corrected chi connectivity index (χ1v) is 12.5. The van der Waals surface area contributed by atoms with Gasteiger partial charge in [-0.2, -0.15) is 0 Å². The Morgan fingerprint density at radius 2 is 1.57 bits per heavy atom. The Kier molecular flexibility index (Phi) is 8.58. The maximum absolute atomic E-state index is 13.8. The summed E-state index contributed by atoms with van der Waals surface area (Å²) in [4.78, 5) is 41.6. The SMILES string of the molecule is Cc1cccc(N(C(=O)CNC(=O)c2ccco2)[C@@H](C(=O)NC(C)(C)C)c2ccc(C(C)C)cc2)c1C. The number of furan rings is 1. The minimum Gasteiger partial charge on any atom is -0.459 e. The first-order valence-electron chi connectivity index (χ1n) is 12.5. The van der Waals surface area contributed by atoms with Crippen LogP contribution in [-0.2, 0) is 9.59 Å². The van der Waals surface area contributed by atoms with Gasteiger partial charge in [-0.3, -0.25) is 19.3 Å². The fraction of sp³-hybridized carbons (Fsp3) is 0.367. The number of nitrogens with zero attached hydrogens (tertiary/aromatic N) is 1. The van der Waals surface area contributed by atoms with E-state index < -0.39 is 23.4 Å². The van der Waals surface area contributed by atoms with Gasteiger partial charge in [-0.25, -0.2) is 0 Å². The molecule has 37 heavy (non-hydrogen) atoms. The summed E-state index contributed by atoms with van der Waals surface area (Å²) in [5.41, 5.74) is 3.77. The quantitative estimate of drug-likeness (QED) is 0.428. The topological polar surface area (TPSA) is 91.7 Å². The molecule has 0 aliphatic rings. The average Bonchev–Trinajstić information content (AvgIpc) is 3.37. The van der Waals surface area contributed by atoms with Crippen LogP contribution < -0.4 is 15.5 Å². The molecular weight excluding hydrogens is 466 g/mol. The lowest BCUT2D eigenvalue weighted by molar-refractivity contribution is -0.127. The Labute approximate surface area is 219 Å². The van der Waals surface area contributed by atoms with Gasteiger partial charge in [-0.15, -0.1) is 0 Å². The van der Waals surface area contributed by atoms with Crippen molar-refractivity contribution >= 4 is 23.4 Å². The lowest BCUT2D eigenvalue weighted by atomic mass is 9.95.